The molecule has 1 rings (SSSR count). The van der Waals surface area contributed by atoms with E-state index in [1.807, 2.05) is 6.92 Å². The van der Waals surface area contributed by atoms with E-state index in [1.165, 1.54) is 12.1 Å². The van der Waals surface area contributed by atoms with Crippen molar-refractivity contribution in [2.45, 2.75) is 26.1 Å². The molecule has 0 saturated heterocycles. The van der Waals surface area contributed by atoms with E-state index in [2.05, 4.69) is 5.32 Å². The van der Waals surface area contributed by atoms with Gasteiger partial charge in [0.2, 0.25) is 0 Å². The Labute approximate surface area is 97.6 Å². The second kappa shape index (κ2) is 5.55. The second-order valence-electron chi connectivity index (χ2n) is 3.48. The summed E-state index contributed by atoms with van der Waals surface area (Å²) in [5.74, 6) is 0. The molecule has 0 fully saturated rings. The number of hydrogen-bond acceptors (Lipinski definition) is 1. The molecule has 0 saturated carbocycles. The van der Waals surface area contributed by atoms with Gasteiger partial charge in [-0.2, -0.15) is 13.2 Å². The third-order valence-corrected chi connectivity index (χ3v) is 2.35. The molecule has 90 valence electrons. The van der Waals surface area contributed by atoms with Crippen molar-refractivity contribution in [1.82, 2.24) is 5.32 Å². The Kier molecular flexibility index (Phi) is 4.62. The lowest BCUT2D eigenvalue weighted by molar-refractivity contribution is -0.138. The Morgan fingerprint density at radius 1 is 1.31 bits per heavy atom. The summed E-state index contributed by atoms with van der Waals surface area (Å²) in [4.78, 5) is 0. The van der Waals surface area contributed by atoms with Crippen LogP contribution in [0, 0.1) is 0 Å². The van der Waals surface area contributed by atoms with Crippen LogP contribution in [-0.2, 0) is 12.7 Å². The molecular weight excluding hydrogens is 239 g/mol. The maximum atomic E-state index is 12.7. The number of halogens is 4. The molecule has 0 aliphatic heterocycles. The molecule has 1 aromatic carbocycles. The van der Waals surface area contributed by atoms with Crippen molar-refractivity contribution in [3.05, 3.63) is 34.3 Å². The highest BCUT2D eigenvalue weighted by molar-refractivity contribution is 6.30. The molecule has 0 aliphatic rings. The van der Waals surface area contributed by atoms with E-state index in [-0.39, 0.29) is 17.1 Å². The molecule has 0 bridgehead atoms. The van der Waals surface area contributed by atoms with Crippen LogP contribution in [0.25, 0.3) is 0 Å². The Balaban J connectivity index is 2.90. The average Bonchev–Trinajstić information content (AvgIpc) is 2.19. The van der Waals surface area contributed by atoms with Crippen LogP contribution in [0.15, 0.2) is 18.2 Å². The fraction of sp³-hybridized carbons (Fsp3) is 0.455. The van der Waals surface area contributed by atoms with Gasteiger partial charge >= 0.3 is 6.18 Å². The van der Waals surface area contributed by atoms with Crippen LogP contribution in [0.5, 0.6) is 0 Å². The zero-order valence-electron chi connectivity index (χ0n) is 8.87. The normalized spacial score (nSPS) is 11.8. The highest BCUT2D eigenvalue weighted by Crippen LogP contribution is 2.33. The fourth-order valence-electron chi connectivity index (χ4n) is 1.37. The molecule has 0 spiro atoms. The minimum atomic E-state index is -4.35. The predicted molar refractivity (Wildman–Crippen MR) is 58.5 cm³/mol. The average molecular weight is 252 g/mol. The molecule has 1 N–H and O–H groups in total. The minimum absolute atomic E-state index is 0.103. The first-order valence-corrected chi connectivity index (χ1v) is 5.39. The van der Waals surface area contributed by atoms with Gasteiger partial charge in [0, 0.05) is 11.6 Å². The maximum Gasteiger partial charge on any atom is 0.416 e. The molecule has 1 nitrogen and oxygen atoms in total. The minimum Gasteiger partial charge on any atom is -0.313 e. The highest BCUT2D eigenvalue weighted by atomic mass is 35.5. The number of nitrogens with one attached hydrogen (secondary N) is 1. The maximum absolute atomic E-state index is 12.7. The van der Waals surface area contributed by atoms with E-state index in [9.17, 15) is 13.2 Å². The summed E-state index contributed by atoms with van der Waals surface area (Å²) in [5.41, 5.74) is -0.436. The third-order valence-electron chi connectivity index (χ3n) is 2.12. The van der Waals surface area contributed by atoms with Crippen LogP contribution in [0.1, 0.15) is 24.5 Å². The SMILES string of the molecule is CCCNCc1ccc(Cl)cc1C(F)(F)F. The van der Waals surface area contributed by atoms with Gasteiger partial charge in [0.05, 0.1) is 5.56 Å². The quantitative estimate of drug-likeness (QED) is 0.802. The fourth-order valence-corrected chi connectivity index (χ4v) is 1.54. The van der Waals surface area contributed by atoms with E-state index < -0.39 is 11.7 Å². The lowest BCUT2D eigenvalue weighted by Gasteiger charge is -2.13. The molecular formula is C11H13ClF3N. The number of alkyl halides is 3. The van der Waals surface area contributed by atoms with Crippen molar-refractivity contribution >= 4 is 11.6 Å². The van der Waals surface area contributed by atoms with E-state index in [4.69, 9.17) is 11.6 Å². The Morgan fingerprint density at radius 3 is 2.56 bits per heavy atom. The van der Waals surface area contributed by atoms with E-state index in [0.29, 0.717) is 6.54 Å². The van der Waals surface area contributed by atoms with E-state index in [1.54, 1.807) is 0 Å². The summed E-state index contributed by atoms with van der Waals surface area (Å²) >= 11 is 5.56. The van der Waals surface area contributed by atoms with Crippen molar-refractivity contribution < 1.29 is 13.2 Å². The molecule has 16 heavy (non-hydrogen) atoms. The van der Waals surface area contributed by atoms with Crippen molar-refractivity contribution in [2.24, 2.45) is 0 Å². The number of benzene rings is 1. The van der Waals surface area contributed by atoms with Gasteiger partial charge in [0.25, 0.3) is 0 Å². The molecule has 0 heterocycles. The van der Waals surface area contributed by atoms with Crippen LogP contribution >= 0.6 is 11.6 Å². The second-order valence-corrected chi connectivity index (χ2v) is 3.91. The first-order valence-electron chi connectivity index (χ1n) is 5.01. The van der Waals surface area contributed by atoms with Gasteiger partial charge in [0.15, 0.2) is 0 Å². The van der Waals surface area contributed by atoms with Crippen LogP contribution < -0.4 is 5.32 Å². The topological polar surface area (TPSA) is 12.0 Å². The summed E-state index contributed by atoms with van der Waals surface area (Å²) in [6.07, 6.45) is -3.47. The first kappa shape index (κ1) is 13.3. The van der Waals surface area contributed by atoms with E-state index >= 15 is 0 Å². The Bertz CT molecular complexity index is 350. The molecule has 0 amide bonds. The molecule has 0 aliphatic carbocycles. The summed E-state index contributed by atoms with van der Waals surface area (Å²) < 4.78 is 38.0. The molecule has 0 atom stereocenters. The van der Waals surface area contributed by atoms with Crippen molar-refractivity contribution in [3.63, 3.8) is 0 Å². The van der Waals surface area contributed by atoms with E-state index in [0.717, 1.165) is 12.5 Å². The molecule has 0 aromatic heterocycles. The lowest BCUT2D eigenvalue weighted by Crippen LogP contribution is -2.18. The smallest absolute Gasteiger partial charge is 0.313 e. The van der Waals surface area contributed by atoms with Gasteiger partial charge in [-0.15, -0.1) is 0 Å². The Hall–Kier alpha value is -0.740. The highest BCUT2D eigenvalue weighted by Gasteiger charge is 2.33. The van der Waals surface area contributed by atoms with Crippen LogP contribution in [0.3, 0.4) is 0 Å². The monoisotopic (exact) mass is 251 g/mol. The van der Waals surface area contributed by atoms with Gasteiger partial charge in [-0.05, 0) is 30.7 Å². The van der Waals surface area contributed by atoms with Crippen molar-refractivity contribution in [3.8, 4) is 0 Å². The van der Waals surface area contributed by atoms with Gasteiger partial charge < -0.3 is 5.32 Å². The van der Waals surface area contributed by atoms with Crippen LogP contribution in [0.4, 0.5) is 13.2 Å². The summed E-state index contributed by atoms with van der Waals surface area (Å²) in [7, 11) is 0. The molecule has 5 heteroatoms. The zero-order valence-corrected chi connectivity index (χ0v) is 9.62. The van der Waals surface area contributed by atoms with Gasteiger partial charge in [-0.1, -0.05) is 24.6 Å². The standard InChI is InChI=1S/C11H13ClF3N/c1-2-5-16-7-8-3-4-9(12)6-10(8)11(13,14)15/h3-4,6,16H,2,5,7H2,1H3. The third kappa shape index (κ3) is 3.68. The first-order chi connectivity index (χ1) is 7.45. The van der Waals surface area contributed by atoms with Gasteiger partial charge in [0.1, 0.15) is 0 Å². The van der Waals surface area contributed by atoms with Gasteiger partial charge in [-0.3, -0.25) is 0 Å². The lowest BCUT2D eigenvalue weighted by atomic mass is 10.1. The van der Waals surface area contributed by atoms with Crippen LogP contribution in [-0.4, -0.2) is 6.54 Å². The van der Waals surface area contributed by atoms with Crippen molar-refractivity contribution in [2.75, 3.05) is 6.54 Å². The number of hydrogen-bond donors (Lipinski definition) is 1. The summed E-state index contributed by atoms with van der Waals surface area (Å²) in [5, 5.41) is 3.04. The van der Waals surface area contributed by atoms with Crippen molar-refractivity contribution in [1.29, 1.82) is 0 Å². The summed E-state index contributed by atoms with van der Waals surface area (Å²) in [6, 6.07) is 3.85. The Morgan fingerprint density at radius 2 is 2.00 bits per heavy atom. The molecule has 1 aromatic rings. The molecule has 0 radical (unpaired) electrons. The van der Waals surface area contributed by atoms with Gasteiger partial charge in [-0.25, -0.2) is 0 Å². The van der Waals surface area contributed by atoms with Crippen LogP contribution in [0.2, 0.25) is 5.02 Å². The largest absolute Gasteiger partial charge is 0.416 e. The molecule has 0 unspecified atom stereocenters. The summed E-state index contributed by atoms with van der Waals surface area (Å²) in [6.45, 7) is 2.86. The zero-order chi connectivity index (χ0) is 12.2. The predicted octanol–water partition coefficient (Wildman–Crippen LogP) is 3.86. The number of rotatable bonds is 4.